The van der Waals surface area contributed by atoms with E-state index in [0.29, 0.717) is 0 Å². The van der Waals surface area contributed by atoms with Gasteiger partial charge in [0.25, 0.3) is 5.91 Å². The molecule has 0 N–H and O–H groups in total. The summed E-state index contributed by atoms with van der Waals surface area (Å²) in [6.07, 6.45) is -0.627. The number of oxime groups is 1. The fourth-order valence-corrected chi connectivity index (χ4v) is 2.59. The molecule has 0 bridgehead atoms. The van der Waals surface area contributed by atoms with Crippen LogP contribution < -0.4 is 0 Å². The molecule has 0 fully saturated rings. The van der Waals surface area contributed by atoms with Crippen LogP contribution in [-0.2, 0) is 4.84 Å². The molecule has 1 aliphatic heterocycles. The van der Waals surface area contributed by atoms with Gasteiger partial charge in [-0.2, -0.15) is 5.10 Å². The lowest BCUT2D eigenvalue weighted by molar-refractivity contribution is 0.0366. The van der Waals surface area contributed by atoms with Crippen molar-refractivity contribution in [2.45, 2.75) is 26.9 Å². The van der Waals surface area contributed by atoms with Crippen LogP contribution in [0.1, 0.15) is 28.7 Å². The number of carbonyl (C=O) groups excluding carboxylic acids is 1. The first-order chi connectivity index (χ1) is 10.1. The van der Waals surface area contributed by atoms with Crippen molar-refractivity contribution in [3.8, 4) is 0 Å². The van der Waals surface area contributed by atoms with Gasteiger partial charge in [0.05, 0.1) is 17.3 Å². The van der Waals surface area contributed by atoms with Gasteiger partial charge in [0.2, 0.25) is 6.10 Å². The topological polar surface area (TPSA) is 56.5 Å². The zero-order chi connectivity index (χ0) is 15.0. The Morgan fingerprint density at radius 1 is 1.24 bits per heavy atom. The highest BCUT2D eigenvalue weighted by molar-refractivity contribution is 6.05. The van der Waals surface area contributed by atoms with Gasteiger partial charge in [0.15, 0.2) is 0 Å². The van der Waals surface area contributed by atoms with E-state index in [0.717, 1.165) is 22.7 Å². The summed E-state index contributed by atoms with van der Waals surface area (Å²) in [7, 11) is 0. The number of hydrogen-bond acceptors (Lipinski definition) is 4. The smallest absolute Gasteiger partial charge is 0.291 e. The Bertz CT molecular complexity index is 704. The summed E-state index contributed by atoms with van der Waals surface area (Å²) in [4.78, 5) is 18.0. The second-order valence-electron chi connectivity index (χ2n) is 5.33. The van der Waals surface area contributed by atoms with Crippen LogP contribution in [0.2, 0.25) is 0 Å². The molecule has 0 spiro atoms. The number of carbonyl (C=O) groups is 1. The Labute approximate surface area is 123 Å². The van der Waals surface area contributed by atoms with Gasteiger partial charge in [-0.15, -0.1) is 0 Å². The molecule has 5 heteroatoms. The third-order valence-electron chi connectivity index (χ3n) is 3.68. The number of rotatable bonds is 2. The molecule has 1 aliphatic rings. The van der Waals surface area contributed by atoms with Crippen molar-refractivity contribution in [3.05, 3.63) is 53.3 Å². The van der Waals surface area contributed by atoms with Crippen molar-refractivity contribution in [2.75, 3.05) is 0 Å². The van der Waals surface area contributed by atoms with Gasteiger partial charge in [-0.25, -0.2) is 4.68 Å². The van der Waals surface area contributed by atoms with E-state index in [-0.39, 0.29) is 11.8 Å². The molecule has 1 aromatic heterocycles. The molecule has 0 amide bonds. The standard InChI is InChI=1S/C16H17N3O2/c1-10-9-11(2)19(17-10)16(20)15-12(3)14(18-21-15)13-7-5-4-6-8-13/h4-9,12,15H,1-3H3. The highest BCUT2D eigenvalue weighted by atomic mass is 16.6. The molecule has 108 valence electrons. The van der Waals surface area contributed by atoms with E-state index in [9.17, 15) is 4.79 Å². The molecule has 0 radical (unpaired) electrons. The summed E-state index contributed by atoms with van der Waals surface area (Å²) in [5, 5.41) is 8.33. The molecule has 3 rings (SSSR count). The predicted octanol–water partition coefficient (Wildman–Crippen LogP) is 2.58. The fraction of sp³-hybridized carbons (Fsp3) is 0.312. The Kier molecular flexibility index (Phi) is 3.33. The minimum Gasteiger partial charge on any atom is -0.381 e. The Balaban J connectivity index is 1.84. The van der Waals surface area contributed by atoms with Crippen molar-refractivity contribution in [2.24, 2.45) is 11.1 Å². The van der Waals surface area contributed by atoms with E-state index >= 15 is 0 Å². The summed E-state index contributed by atoms with van der Waals surface area (Å²) < 4.78 is 1.40. The highest BCUT2D eigenvalue weighted by Crippen LogP contribution is 2.24. The van der Waals surface area contributed by atoms with Gasteiger partial charge in [-0.05, 0) is 25.5 Å². The first-order valence-electron chi connectivity index (χ1n) is 6.94. The van der Waals surface area contributed by atoms with Crippen LogP contribution in [0, 0.1) is 19.8 Å². The average molecular weight is 283 g/mol. The van der Waals surface area contributed by atoms with Crippen molar-refractivity contribution >= 4 is 11.6 Å². The van der Waals surface area contributed by atoms with E-state index in [1.54, 1.807) is 0 Å². The van der Waals surface area contributed by atoms with Crippen molar-refractivity contribution in [1.29, 1.82) is 0 Å². The number of nitrogens with zero attached hydrogens (tertiary/aromatic N) is 3. The van der Waals surface area contributed by atoms with E-state index in [1.807, 2.05) is 57.2 Å². The molecule has 2 heterocycles. The van der Waals surface area contributed by atoms with Crippen molar-refractivity contribution in [3.63, 3.8) is 0 Å². The Hall–Kier alpha value is -2.43. The SMILES string of the molecule is Cc1cc(C)n(C(=O)C2ON=C(c3ccccc3)C2C)n1. The Morgan fingerprint density at radius 3 is 2.57 bits per heavy atom. The van der Waals surface area contributed by atoms with Crippen molar-refractivity contribution in [1.82, 2.24) is 9.78 Å². The monoisotopic (exact) mass is 283 g/mol. The van der Waals surface area contributed by atoms with Crippen molar-refractivity contribution < 1.29 is 9.63 Å². The lowest BCUT2D eigenvalue weighted by Gasteiger charge is -2.14. The van der Waals surface area contributed by atoms with Crippen LogP contribution in [0.3, 0.4) is 0 Å². The Morgan fingerprint density at radius 2 is 1.95 bits per heavy atom. The molecule has 2 unspecified atom stereocenters. The minimum absolute atomic E-state index is 0.108. The molecule has 0 saturated carbocycles. The van der Waals surface area contributed by atoms with Gasteiger partial charge in [-0.1, -0.05) is 42.4 Å². The molecule has 21 heavy (non-hydrogen) atoms. The largest absolute Gasteiger partial charge is 0.381 e. The maximum atomic E-state index is 12.6. The molecule has 1 aromatic carbocycles. The van der Waals surface area contributed by atoms with E-state index in [4.69, 9.17) is 4.84 Å². The number of aryl methyl sites for hydroxylation is 2. The summed E-state index contributed by atoms with van der Waals surface area (Å²) in [6, 6.07) is 11.6. The van der Waals surface area contributed by atoms with Gasteiger partial charge in [0.1, 0.15) is 0 Å². The summed E-state index contributed by atoms with van der Waals surface area (Å²) >= 11 is 0. The summed E-state index contributed by atoms with van der Waals surface area (Å²) in [5.41, 5.74) is 3.40. The summed E-state index contributed by atoms with van der Waals surface area (Å²) in [5.74, 6) is -0.286. The van der Waals surface area contributed by atoms with Gasteiger partial charge in [0, 0.05) is 5.69 Å². The molecule has 5 nitrogen and oxygen atoms in total. The zero-order valence-corrected chi connectivity index (χ0v) is 12.3. The van der Waals surface area contributed by atoms with Crippen LogP contribution in [-0.4, -0.2) is 27.5 Å². The molecule has 0 aliphatic carbocycles. The molecule has 0 saturated heterocycles. The normalized spacial score (nSPS) is 21.0. The van der Waals surface area contributed by atoms with Crippen LogP contribution in [0.5, 0.6) is 0 Å². The van der Waals surface area contributed by atoms with Crippen LogP contribution in [0.25, 0.3) is 0 Å². The summed E-state index contributed by atoms with van der Waals surface area (Å²) in [6.45, 7) is 5.67. The second-order valence-corrected chi connectivity index (χ2v) is 5.33. The fourth-order valence-electron chi connectivity index (χ4n) is 2.59. The third kappa shape index (κ3) is 2.35. The quantitative estimate of drug-likeness (QED) is 0.851. The lowest BCUT2D eigenvalue weighted by atomic mass is 9.94. The van der Waals surface area contributed by atoms with Gasteiger partial charge in [-0.3, -0.25) is 4.79 Å². The zero-order valence-electron chi connectivity index (χ0n) is 12.3. The lowest BCUT2D eigenvalue weighted by Crippen LogP contribution is -2.34. The molecule has 2 aromatic rings. The molecular formula is C16H17N3O2. The first-order valence-corrected chi connectivity index (χ1v) is 6.94. The second kappa shape index (κ2) is 5.16. The third-order valence-corrected chi connectivity index (χ3v) is 3.68. The van der Waals surface area contributed by atoms with E-state index < -0.39 is 6.10 Å². The molecule has 2 atom stereocenters. The predicted molar refractivity (Wildman–Crippen MR) is 79.3 cm³/mol. The number of benzene rings is 1. The van der Waals surface area contributed by atoms with Crippen LogP contribution in [0.15, 0.2) is 41.6 Å². The maximum absolute atomic E-state index is 12.6. The van der Waals surface area contributed by atoms with Gasteiger partial charge < -0.3 is 4.84 Å². The highest BCUT2D eigenvalue weighted by Gasteiger charge is 2.38. The number of hydrogen-bond donors (Lipinski definition) is 0. The first kappa shape index (κ1) is 13.5. The van der Waals surface area contributed by atoms with Crippen LogP contribution in [0.4, 0.5) is 0 Å². The average Bonchev–Trinajstić information content (AvgIpc) is 3.02. The minimum atomic E-state index is -0.627. The van der Waals surface area contributed by atoms with E-state index in [2.05, 4.69) is 10.3 Å². The van der Waals surface area contributed by atoms with Crippen LogP contribution >= 0.6 is 0 Å². The van der Waals surface area contributed by atoms with Gasteiger partial charge >= 0.3 is 0 Å². The number of aromatic nitrogens is 2. The molecular weight excluding hydrogens is 266 g/mol. The maximum Gasteiger partial charge on any atom is 0.291 e. The van der Waals surface area contributed by atoms with E-state index in [1.165, 1.54) is 4.68 Å².